The number of aliphatic hydroxyl groups excluding tert-OH is 1. The highest BCUT2D eigenvalue weighted by molar-refractivity contribution is 5.70. The zero-order valence-corrected chi connectivity index (χ0v) is 15.6. The van der Waals surface area contributed by atoms with E-state index in [9.17, 15) is 15.0 Å². The van der Waals surface area contributed by atoms with Crippen molar-refractivity contribution in [2.75, 3.05) is 0 Å². The van der Waals surface area contributed by atoms with E-state index >= 15 is 0 Å². The van der Waals surface area contributed by atoms with Crippen molar-refractivity contribution in [3.8, 4) is 0 Å². The molecule has 5 atom stereocenters. The van der Waals surface area contributed by atoms with Gasteiger partial charge in [0.25, 0.3) is 0 Å². The first-order chi connectivity index (χ1) is 11.8. The van der Waals surface area contributed by atoms with Gasteiger partial charge in [-0.3, -0.25) is 4.79 Å². The van der Waals surface area contributed by atoms with Gasteiger partial charge in [0.1, 0.15) is 0 Å². The molecule has 25 heavy (non-hydrogen) atoms. The molecule has 0 radical (unpaired) electrons. The molecular formula is C22H32O3. The van der Waals surface area contributed by atoms with E-state index in [1.165, 1.54) is 11.1 Å². The van der Waals surface area contributed by atoms with Crippen LogP contribution in [0.25, 0.3) is 0 Å². The smallest absolute Gasteiger partial charge is 0.306 e. The van der Waals surface area contributed by atoms with Crippen LogP contribution in [0.1, 0.15) is 65.2 Å². The fraction of sp³-hybridized carbons (Fsp3) is 0.682. The predicted molar refractivity (Wildman–Crippen MR) is 100 cm³/mol. The Morgan fingerprint density at radius 3 is 2.76 bits per heavy atom. The van der Waals surface area contributed by atoms with Crippen LogP contribution in [0.2, 0.25) is 0 Å². The average molecular weight is 344 g/mol. The van der Waals surface area contributed by atoms with Gasteiger partial charge in [-0.05, 0) is 74.2 Å². The summed E-state index contributed by atoms with van der Waals surface area (Å²) < 4.78 is 0. The van der Waals surface area contributed by atoms with Gasteiger partial charge in [-0.25, -0.2) is 0 Å². The van der Waals surface area contributed by atoms with Gasteiger partial charge in [0.2, 0.25) is 0 Å². The molecule has 0 bridgehead atoms. The lowest BCUT2D eigenvalue weighted by molar-refractivity contribution is -0.144. The lowest BCUT2D eigenvalue weighted by Crippen LogP contribution is -2.38. The minimum Gasteiger partial charge on any atom is -0.481 e. The van der Waals surface area contributed by atoms with Crippen molar-refractivity contribution >= 4 is 5.97 Å². The Labute approximate surface area is 151 Å². The molecule has 0 unspecified atom stereocenters. The Morgan fingerprint density at radius 1 is 1.28 bits per heavy atom. The van der Waals surface area contributed by atoms with E-state index in [0.717, 1.165) is 50.5 Å². The molecule has 3 aliphatic rings. The summed E-state index contributed by atoms with van der Waals surface area (Å²) in [5.41, 5.74) is 3.94. The lowest BCUT2D eigenvalue weighted by Gasteiger charge is -2.43. The summed E-state index contributed by atoms with van der Waals surface area (Å²) >= 11 is 0. The first-order valence-electron chi connectivity index (χ1n) is 9.81. The number of carboxylic acids is 1. The van der Waals surface area contributed by atoms with E-state index in [-0.39, 0.29) is 23.4 Å². The molecule has 3 saturated carbocycles. The van der Waals surface area contributed by atoms with Gasteiger partial charge < -0.3 is 10.2 Å². The van der Waals surface area contributed by atoms with E-state index in [1.54, 1.807) is 0 Å². The van der Waals surface area contributed by atoms with Crippen molar-refractivity contribution < 1.29 is 15.0 Å². The maximum absolute atomic E-state index is 11.5. The molecule has 138 valence electrons. The Hall–Kier alpha value is -1.35. The van der Waals surface area contributed by atoms with Crippen LogP contribution in [0.4, 0.5) is 0 Å². The van der Waals surface area contributed by atoms with Crippen LogP contribution in [0, 0.1) is 23.2 Å². The average Bonchev–Trinajstić information content (AvgIpc) is 2.92. The highest BCUT2D eigenvalue weighted by Crippen LogP contribution is 2.59. The molecule has 2 N–H and O–H groups in total. The van der Waals surface area contributed by atoms with Gasteiger partial charge in [-0.1, -0.05) is 43.7 Å². The van der Waals surface area contributed by atoms with Gasteiger partial charge in [0.15, 0.2) is 0 Å². The standard InChI is InChI=1S/C22H32O3/c1-14-6-9-18(23)13-17(14)8-7-16-5-4-12-22(3)19(10-11-20(16)22)15(2)21(24)25/h7-8,15,18-20,23H,1,4-6,9-13H2,2-3H3,(H,24,25)/b16-7+,17-8+/t15-,18-,19-,20-,22+/m0/s1. The van der Waals surface area contributed by atoms with E-state index in [2.05, 4.69) is 25.7 Å². The molecule has 3 nitrogen and oxygen atoms in total. The lowest BCUT2D eigenvalue weighted by atomic mass is 9.61. The molecule has 0 aromatic heterocycles. The third-order valence-electron chi connectivity index (χ3n) is 7.22. The van der Waals surface area contributed by atoms with Crippen molar-refractivity contribution in [2.24, 2.45) is 23.2 Å². The van der Waals surface area contributed by atoms with E-state index in [4.69, 9.17) is 0 Å². The molecule has 0 spiro atoms. The molecule has 0 amide bonds. The second-order valence-corrected chi connectivity index (χ2v) is 8.66. The van der Waals surface area contributed by atoms with Crippen LogP contribution in [0.3, 0.4) is 0 Å². The largest absolute Gasteiger partial charge is 0.481 e. The monoisotopic (exact) mass is 344 g/mol. The molecule has 0 heterocycles. The molecule has 3 rings (SSSR count). The highest BCUT2D eigenvalue weighted by atomic mass is 16.4. The second kappa shape index (κ2) is 7.11. The number of hydrogen-bond donors (Lipinski definition) is 2. The SMILES string of the molecule is C=C1CC[C@H](O)C/C1=C\C=C1/CCC[C@@]2(C)[C@H]1CC[C@H]2[C@H](C)C(=O)O. The van der Waals surface area contributed by atoms with Crippen LogP contribution in [0.5, 0.6) is 0 Å². The first-order valence-corrected chi connectivity index (χ1v) is 9.81. The van der Waals surface area contributed by atoms with Crippen LogP contribution in [-0.4, -0.2) is 22.3 Å². The van der Waals surface area contributed by atoms with Gasteiger partial charge in [0.05, 0.1) is 12.0 Å². The molecule has 0 saturated heterocycles. The molecular weight excluding hydrogens is 312 g/mol. The molecule has 0 aromatic rings. The summed E-state index contributed by atoms with van der Waals surface area (Å²) in [4.78, 5) is 11.5. The van der Waals surface area contributed by atoms with Crippen LogP contribution in [0.15, 0.2) is 35.5 Å². The number of hydrogen-bond acceptors (Lipinski definition) is 2. The predicted octanol–water partition coefficient (Wildman–Crippen LogP) is 4.88. The maximum atomic E-state index is 11.5. The fourth-order valence-electron chi connectivity index (χ4n) is 5.67. The third-order valence-corrected chi connectivity index (χ3v) is 7.22. The Balaban J connectivity index is 1.82. The zero-order valence-electron chi connectivity index (χ0n) is 15.6. The quantitative estimate of drug-likeness (QED) is 0.767. The van der Waals surface area contributed by atoms with E-state index in [1.807, 2.05) is 6.92 Å². The summed E-state index contributed by atoms with van der Waals surface area (Å²) in [7, 11) is 0. The van der Waals surface area contributed by atoms with Crippen molar-refractivity contribution in [1.82, 2.24) is 0 Å². The number of carboxylic acid groups (broad SMARTS) is 1. The summed E-state index contributed by atoms with van der Waals surface area (Å²) in [5, 5.41) is 19.4. The maximum Gasteiger partial charge on any atom is 0.306 e. The van der Waals surface area contributed by atoms with Crippen molar-refractivity contribution in [1.29, 1.82) is 0 Å². The third kappa shape index (κ3) is 3.48. The minimum absolute atomic E-state index is 0.115. The fourth-order valence-corrected chi connectivity index (χ4v) is 5.67. The normalized spacial score (nSPS) is 40.3. The Bertz CT molecular complexity index is 615. The van der Waals surface area contributed by atoms with Gasteiger partial charge in [0, 0.05) is 0 Å². The topological polar surface area (TPSA) is 57.5 Å². The summed E-state index contributed by atoms with van der Waals surface area (Å²) in [6, 6.07) is 0. The van der Waals surface area contributed by atoms with E-state index in [0.29, 0.717) is 12.3 Å². The highest BCUT2D eigenvalue weighted by Gasteiger charge is 2.51. The number of rotatable bonds is 3. The molecule has 3 aliphatic carbocycles. The van der Waals surface area contributed by atoms with Gasteiger partial charge in [-0.2, -0.15) is 0 Å². The molecule has 0 aromatic carbocycles. The van der Waals surface area contributed by atoms with Crippen molar-refractivity contribution in [2.45, 2.75) is 71.3 Å². The number of aliphatic hydroxyl groups is 1. The summed E-state index contributed by atoms with van der Waals surface area (Å²) in [6.07, 6.45) is 12.2. The summed E-state index contributed by atoms with van der Waals surface area (Å²) in [6.45, 7) is 8.36. The number of fused-ring (bicyclic) bond motifs is 1. The zero-order chi connectivity index (χ0) is 18.2. The van der Waals surface area contributed by atoms with Gasteiger partial charge in [-0.15, -0.1) is 0 Å². The number of aliphatic carboxylic acids is 1. The van der Waals surface area contributed by atoms with E-state index < -0.39 is 5.97 Å². The Morgan fingerprint density at radius 2 is 2.04 bits per heavy atom. The molecule has 3 heteroatoms. The number of carbonyl (C=O) groups is 1. The van der Waals surface area contributed by atoms with Gasteiger partial charge >= 0.3 is 5.97 Å². The van der Waals surface area contributed by atoms with Crippen LogP contribution >= 0.6 is 0 Å². The number of allylic oxidation sites excluding steroid dienone is 4. The van der Waals surface area contributed by atoms with Crippen molar-refractivity contribution in [3.05, 3.63) is 35.5 Å². The minimum atomic E-state index is -0.655. The van der Waals surface area contributed by atoms with Crippen molar-refractivity contribution in [3.63, 3.8) is 0 Å². The Kier molecular flexibility index (Phi) is 5.24. The van der Waals surface area contributed by atoms with Crippen LogP contribution < -0.4 is 0 Å². The first kappa shape index (κ1) is 18.4. The van der Waals surface area contributed by atoms with Crippen LogP contribution in [-0.2, 0) is 4.79 Å². The summed E-state index contributed by atoms with van der Waals surface area (Å²) in [5.74, 6) is -0.136. The second-order valence-electron chi connectivity index (χ2n) is 8.66. The molecule has 0 aliphatic heterocycles. The molecule has 3 fully saturated rings.